The molecule has 0 radical (unpaired) electrons. The maximum atomic E-state index is 4.71. The molecule has 3 nitrogen and oxygen atoms in total. The van der Waals surface area contributed by atoms with Crippen LogP contribution in [0.1, 0.15) is 11.6 Å². The number of aliphatic imine (C=N–C) groups is 1. The highest BCUT2D eigenvalue weighted by molar-refractivity contribution is 5.81. The molecule has 1 aromatic carbocycles. The molecular weight excluding hydrogens is 186 g/mol. The first kappa shape index (κ1) is 10.0. The molecule has 1 aliphatic rings. The van der Waals surface area contributed by atoms with Crippen molar-refractivity contribution in [1.29, 1.82) is 0 Å². The molecule has 0 spiro atoms. The molecule has 0 fully saturated rings. The van der Waals surface area contributed by atoms with Gasteiger partial charge in [-0.15, -0.1) is 0 Å². The summed E-state index contributed by atoms with van der Waals surface area (Å²) >= 11 is 0. The largest absolute Gasteiger partial charge is 0.349 e. The minimum Gasteiger partial charge on any atom is -0.349 e. The Bertz CT molecular complexity index is 356. The van der Waals surface area contributed by atoms with Crippen LogP contribution in [0.4, 0.5) is 0 Å². The van der Waals surface area contributed by atoms with Crippen LogP contribution in [-0.2, 0) is 0 Å². The van der Waals surface area contributed by atoms with Gasteiger partial charge in [0.2, 0.25) is 0 Å². The fourth-order valence-electron chi connectivity index (χ4n) is 1.93. The van der Waals surface area contributed by atoms with E-state index in [1.165, 1.54) is 5.56 Å². The fraction of sp³-hybridized carbons (Fsp3) is 0.417. The van der Waals surface area contributed by atoms with Crippen molar-refractivity contribution < 1.29 is 0 Å². The molecule has 0 amide bonds. The highest BCUT2D eigenvalue weighted by Gasteiger charge is 2.24. The van der Waals surface area contributed by atoms with Gasteiger partial charge in [0.25, 0.3) is 0 Å². The zero-order valence-electron chi connectivity index (χ0n) is 9.51. The smallest absolute Gasteiger partial charge is 0.196 e. The number of rotatable bonds is 1. The van der Waals surface area contributed by atoms with Gasteiger partial charge < -0.3 is 9.80 Å². The molecule has 0 N–H and O–H groups in total. The van der Waals surface area contributed by atoms with Crippen molar-refractivity contribution in [3.63, 3.8) is 0 Å². The Balaban J connectivity index is 2.22. The Labute approximate surface area is 91.0 Å². The van der Waals surface area contributed by atoms with Crippen molar-refractivity contribution in [3.05, 3.63) is 35.9 Å². The van der Waals surface area contributed by atoms with Crippen molar-refractivity contribution in [2.45, 2.75) is 6.04 Å². The number of guanidine groups is 1. The lowest BCUT2D eigenvalue weighted by Crippen LogP contribution is -2.34. The molecule has 0 saturated heterocycles. The van der Waals surface area contributed by atoms with Gasteiger partial charge in [0.15, 0.2) is 5.96 Å². The van der Waals surface area contributed by atoms with E-state index >= 15 is 0 Å². The highest BCUT2D eigenvalue weighted by atomic mass is 15.4. The summed E-state index contributed by atoms with van der Waals surface area (Å²) in [7, 11) is 6.15. The van der Waals surface area contributed by atoms with E-state index in [-0.39, 0.29) is 6.04 Å². The Morgan fingerprint density at radius 2 is 1.93 bits per heavy atom. The lowest BCUT2D eigenvalue weighted by Gasteiger charge is -2.20. The first-order chi connectivity index (χ1) is 7.18. The van der Waals surface area contributed by atoms with Crippen molar-refractivity contribution in [2.24, 2.45) is 4.99 Å². The molecule has 1 aliphatic heterocycles. The lowest BCUT2D eigenvalue weighted by atomic mass is 10.1. The summed E-state index contributed by atoms with van der Waals surface area (Å²) in [6.45, 7) is 0.970. The minimum absolute atomic E-state index is 0.286. The minimum atomic E-state index is 0.286. The van der Waals surface area contributed by atoms with Gasteiger partial charge in [-0.25, -0.2) is 4.99 Å². The summed E-state index contributed by atoms with van der Waals surface area (Å²) in [5, 5.41) is 0. The Kier molecular flexibility index (Phi) is 2.62. The van der Waals surface area contributed by atoms with Crippen molar-refractivity contribution in [3.8, 4) is 0 Å². The summed E-state index contributed by atoms with van der Waals surface area (Å²) in [5.74, 6) is 1.06. The number of hydrogen-bond acceptors (Lipinski definition) is 3. The molecule has 0 aromatic heterocycles. The molecule has 0 unspecified atom stereocenters. The summed E-state index contributed by atoms with van der Waals surface area (Å²) in [6.07, 6.45) is 0. The van der Waals surface area contributed by atoms with E-state index in [2.05, 4.69) is 41.1 Å². The Hall–Kier alpha value is -1.51. The van der Waals surface area contributed by atoms with Crippen LogP contribution in [0.2, 0.25) is 0 Å². The molecule has 1 aromatic rings. The van der Waals surface area contributed by atoms with Gasteiger partial charge in [-0.2, -0.15) is 0 Å². The standard InChI is InChI=1S/C12H17N3/c1-14(2)12-13-11(9-15(12)3)10-7-5-4-6-8-10/h4-8,11H,9H2,1-3H3/t11-/m1/s1. The maximum absolute atomic E-state index is 4.71. The number of benzene rings is 1. The lowest BCUT2D eigenvalue weighted by molar-refractivity contribution is 0.448. The van der Waals surface area contributed by atoms with Gasteiger partial charge in [0, 0.05) is 27.7 Å². The van der Waals surface area contributed by atoms with Crippen LogP contribution in [0.25, 0.3) is 0 Å². The zero-order chi connectivity index (χ0) is 10.8. The Morgan fingerprint density at radius 1 is 1.27 bits per heavy atom. The summed E-state index contributed by atoms with van der Waals surface area (Å²) < 4.78 is 0. The summed E-state index contributed by atoms with van der Waals surface area (Å²) in [6, 6.07) is 10.7. The van der Waals surface area contributed by atoms with E-state index in [0.717, 1.165) is 12.5 Å². The van der Waals surface area contributed by atoms with Crippen LogP contribution in [0, 0.1) is 0 Å². The van der Waals surface area contributed by atoms with Crippen molar-refractivity contribution in [2.75, 3.05) is 27.7 Å². The molecule has 0 aliphatic carbocycles. The quantitative estimate of drug-likeness (QED) is 0.690. The average Bonchev–Trinajstić information content (AvgIpc) is 2.62. The number of hydrogen-bond donors (Lipinski definition) is 0. The van der Waals surface area contributed by atoms with Crippen LogP contribution in [0.15, 0.2) is 35.3 Å². The third-order valence-corrected chi connectivity index (χ3v) is 2.64. The van der Waals surface area contributed by atoms with Crippen LogP contribution in [-0.4, -0.2) is 43.4 Å². The van der Waals surface area contributed by atoms with E-state index in [0.29, 0.717) is 0 Å². The molecule has 3 heteroatoms. The average molecular weight is 203 g/mol. The molecular formula is C12H17N3. The topological polar surface area (TPSA) is 18.8 Å². The molecule has 15 heavy (non-hydrogen) atoms. The normalized spacial score (nSPS) is 20.3. The van der Waals surface area contributed by atoms with E-state index in [1.807, 2.05) is 20.2 Å². The van der Waals surface area contributed by atoms with Crippen molar-refractivity contribution in [1.82, 2.24) is 9.80 Å². The second-order valence-electron chi connectivity index (χ2n) is 4.13. The first-order valence-electron chi connectivity index (χ1n) is 5.19. The summed E-state index contributed by atoms with van der Waals surface area (Å²) in [5.41, 5.74) is 1.29. The van der Waals surface area contributed by atoms with Crippen LogP contribution < -0.4 is 0 Å². The van der Waals surface area contributed by atoms with Crippen LogP contribution >= 0.6 is 0 Å². The van der Waals surface area contributed by atoms with Gasteiger partial charge in [0.1, 0.15) is 0 Å². The second kappa shape index (κ2) is 3.93. The number of nitrogens with zero attached hydrogens (tertiary/aromatic N) is 3. The third kappa shape index (κ3) is 1.96. The fourth-order valence-corrected chi connectivity index (χ4v) is 1.93. The van der Waals surface area contributed by atoms with Gasteiger partial charge in [0.05, 0.1) is 6.04 Å². The van der Waals surface area contributed by atoms with E-state index in [4.69, 9.17) is 4.99 Å². The second-order valence-corrected chi connectivity index (χ2v) is 4.13. The third-order valence-electron chi connectivity index (χ3n) is 2.64. The monoisotopic (exact) mass is 203 g/mol. The van der Waals surface area contributed by atoms with E-state index in [9.17, 15) is 0 Å². The van der Waals surface area contributed by atoms with Crippen LogP contribution in [0.5, 0.6) is 0 Å². The molecule has 0 saturated carbocycles. The van der Waals surface area contributed by atoms with E-state index < -0.39 is 0 Å². The predicted octanol–water partition coefficient (Wildman–Crippen LogP) is 1.59. The summed E-state index contributed by atoms with van der Waals surface area (Å²) in [4.78, 5) is 8.96. The first-order valence-corrected chi connectivity index (χ1v) is 5.19. The number of likely N-dealkylation sites (N-methyl/N-ethyl adjacent to an activating group) is 1. The predicted molar refractivity (Wildman–Crippen MR) is 62.9 cm³/mol. The Morgan fingerprint density at radius 3 is 2.47 bits per heavy atom. The molecule has 0 bridgehead atoms. The molecule has 1 atom stereocenters. The molecule has 1 heterocycles. The van der Waals surface area contributed by atoms with Gasteiger partial charge in [-0.3, -0.25) is 0 Å². The van der Waals surface area contributed by atoms with Gasteiger partial charge in [-0.1, -0.05) is 30.3 Å². The molecule has 2 rings (SSSR count). The highest BCUT2D eigenvalue weighted by Crippen LogP contribution is 2.23. The van der Waals surface area contributed by atoms with Gasteiger partial charge >= 0.3 is 0 Å². The van der Waals surface area contributed by atoms with Gasteiger partial charge in [-0.05, 0) is 5.56 Å². The maximum Gasteiger partial charge on any atom is 0.196 e. The van der Waals surface area contributed by atoms with Crippen molar-refractivity contribution >= 4 is 5.96 Å². The van der Waals surface area contributed by atoms with E-state index in [1.54, 1.807) is 0 Å². The van der Waals surface area contributed by atoms with Crippen LogP contribution in [0.3, 0.4) is 0 Å². The SMILES string of the molecule is CN(C)C1=N[C@@H](c2ccccc2)CN1C. The molecule has 80 valence electrons. The zero-order valence-corrected chi connectivity index (χ0v) is 9.51.